The number of hydrogen-bond acceptors (Lipinski definition) is 4. The minimum absolute atomic E-state index is 0.389. The molecule has 1 aliphatic rings. The normalized spacial score (nSPS) is 20.7. The number of aromatic nitrogens is 2. The maximum Gasteiger partial charge on any atom is 0.233 e. The molecule has 1 aromatic rings. The third-order valence-corrected chi connectivity index (χ3v) is 3.48. The molecule has 1 unspecified atom stereocenters. The SMILES string of the molecule is CN1CCCC1CCOc1ccc(CCl)nn1. The first kappa shape index (κ1) is 12.6. The summed E-state index contributed by atoms with van der Waals surface area (Å²) in [5.74, 6) is 0.972. The van der Waals surface area contributed by atoms with Crippen LogP contribution in [0.3, 0.4) is 0 Å². The van der Waals surface area contributed by atoms with Crippen molar-refractivity contribution in [2.24, 2.45) is 0 Å². The Bertz CT molecular complexity index is 344. The van der Waals surface area contributed by atoms with Gasteiger partial charge in [0.2, 0.25) is 5.88 Å². The van der Waals surface area contributed by atoms with Crippen LogP contribution < -0.4 is 4.74 Å². The largest absolute Gasteiger partial charge is 0.477 e. The van der Waals surface area contributed by atoms with Crippen molar-refractivity contribution < 1.29 is 4.74 Å². The van der Waals surface area contributed by atoms with Crippen LogP contribution in [-0.2, 0) is 5.88 Å². The Kier molecular flexibility index (Phi) is 4.57. The molecular weight excluding hydrogens is 238 g/mol. The Hall–Kier alpha value is -0.870. The smallest absolute Gasteiger partial charge is 0.233 e. The van der Waals surface area contributed by atoms with Crippen molar-refractivity contribution >= 4 is 11.6 Å². The van der Waals surface area contributed by atoms with E-state index in [-0.39, 0.29) is 0 Å². The van der Waals surface area contributed by atoms with Gasteiger partial charge in [-0.25, -0.2) is 0 Å². The summed E-state index contributed by atoms with van der Waals surface area (Å²) >= 11 is 5.64. The zero-order chi connectivity index (χ0) is 12.1. The van der Waals surface area contributed by atoms with E-state index in [0.717, 1.165) is 12.1 Å². The van der Waals surface area contributed by atoms with Crippen LogP contribution in [0.1, 0.15) is 25.0 Å². The molecule has 17 heavy (non-hydrogen) atoms. The highest BCUT2D eigenvalue weighted by Gasteiger charge is 2.20. The minimum Gasteiger partial charge on any atom is -0.477 e. The van der Waals surface area contributed by atoms with Crippen molar-refractivity contribution in [1.82, 2.24) is 15.1 Å². The molecule has 0 spiro atoms. The van der Waals surface area contributed by atoms with Gasteiger partial charge < -0.3 is 9.64 Å². The third-order valence-electron chi connectivity index (χ3n) is 3.20. The molecule has 1 saturated heterocycles. The van der Waals surface area contributed by atoms with Gasteiger partial charge in [0.15, 0.2) is 0 Å². The maximum atomic E-state index is 5.64. The molecule has 0 saturated carbocycles. The fraction of sp³-hybridized carbons (Fsp3) is 0.667. The van der Waals surface area contributed by atoms with E-state index in [9.17, 15) is 0 Å². The average Bonchev–Trinajstić information content (AvgIpc) is 2.76. The van der Waals surface area contributed by atoms with Gasteiger partial charge in [0.25, 0.3) is 0 Å². The second-order valence-corrected chi connectivity index (χ2v) is 4.68. The Morgan fingerprint density at radius 2 is 2.35 bits per heavy atom. The van der Waals surface area contributed by atoms with Crippen molar-refractivity contribution in [2.45, 2.75) is 31.2 Å². The number of rotatable bonds is 5. The zero-order valence-electron chi connectivity index (χ0n) is 10.1. The van der Waals surface area contributed by atoms with Gasteiger partial charge in [-0.15, -0.1) is 16.7 Å². The van der Waals surface area contributed by atoms with Crippen molar-refractivity contribution in [2.75, 3.05) is 20.2 Å². The predicted molar refractivity (Wildman–Crippen MR) is 67.4 cm³/mol. The number of halogens is 1. The minimum atomic E-state index is 0.389. The molecule has 1 aromatic heterocycles. The summed E-state index contributed by atoms with van der Waals surface area (Å²) in [7, 11) is 2.17. The molecule has 0 N–H and O–H groups in total. The van der Waals surface area contributed by atoms with Crippen LogP contribution in [-0.4, -0.2) is 41.3 Å². The van der Waals surface area contributed by atoms with Crippen LogP contribution in [0.2, 0.25) is 0 Å². The average molecular weight is 256 g/mol. The molecule has 1 aliphatic heterocycles. The van der Waals surface area contributed by atoms with E-state index in [1.807, 2.05) is 12.1 Å². The monoisotopic (exact) mass is 255 g/mol. The van der Waals surface area contributed by atoms with Crippen LogP contribution in [0.25, 0.3) is 0 Å². The highest BCUT2D eigenvalue weighted by molar-refractivity contribution is 6.16. The lowest BCUT2D eigenvalue weighted by Gasteiger charge is -2.18. The van der Waals surface area contributed by atoms with Gasteiger partial charge in [-0.3, -0.25) is 0 Å². The molecule has 2 heterocycles. The highest BCUT2D eigenvalue weighted by Crippen LogP contribution is 2.18. The van der Waals surface area contributed by atoms with E-state index < -0.39 is 0 Å². The predicted octanol–water partition coefficient (Wildman–Crippen LogP) is 2.08. The lowest BCUT2D eigenvalue weighted by molar-refractivity contribution is 0.227. The zero-order valence-corrected chi connectivity index (χ0v) is 10.9. The van der Waals surface area contributed by atoms with Crippen molar-refractivity contribution in [1.29, 1.82) is 0 Å². The Morgan fingerprint density at radius 1 is 1.47 bits per heavy atom. The molecule has 1 fully saturated rings. The molecule has 94 valence electrons. The standard InChI is InChI=1S/C12H18ClN3O/c1-16-7-2-3-11(16)6-8-17-12-5-4-10(9-13)14-15-12/h4-5,11H,2-3,6-9H2,1H3. The molecule has 0 radical (unpaired) electrons. The molecule has 4 nitrogen and oxygen atoms in total. The lowest BCUT2D eigenvalue weighted by atomic mass is 10.1. The van der Waals surface area contributed by atoms with E-state index in [2.05, 4.69) is 22.1 Å². The molecule has 0 bridgehead atoms. The summed E-state index contributed by atoms with van der Waals surface area (Å²) in [6.45, 7) is 1.90. The van der Waals surface area contributed by atoms with E-state index >= 15 is 0 Å². The summed E-state index contributed by atoms with van der Waals surface area (Å²) in [6, 6.07) is 4.32. The molecule has 5 heteroatoms. The molecule has 1 atom stereocenters. The third kappa shape index (κ3) is 3.54. The summed E-state index contributed by atoms with van der Waals surface area (Å²) in [6.07, 6.45) is 3.62. The van der Waals surface area contributed by atoms with Gasteiger partial charge in [0.1, 0.15) is 0 Å². The van der Waals surface area contributed by atoms with Crippen LogP contribution in [0.15, 0.2) is 12.1 Å². The number of ether oxygens (including phenoxy) is 1. The van der Waals surface area contributed by atoms with Crippen LogP contribution in [0, 0.1) is 0 Å². The number of nitrogens with zero attached hydrogens (tertiary/aromatic N) is 3. The number of likely N-dealkylation sites (tertiary alicyclic amines) is 1. The van der Waals surface area contributed by atoms with Crippen molar-refractivity contribution in [3.8, 4) is 5.88 Å². The van der Waals surface area contributed by atoms with Gasteiger partial charge in [-0.2, -0.15) is 5.10 Å². The maximum absolute atomic E-state index is 5.64. The second-order valence-electron chi connectivity index (χ2n) is 4.41. The molecule has 2 rings (SSSR count). The quantitative estimate of drug-likeness (QED) is 0.755. The van der Waals surface area contributed by atoms with Gasteiger partial charge in [-0.05, 0) is 38.9 Å². The Morgan fingerprint density at radius 3 is 2.94 bits per heavy atom. The van der Waals surface area contributed by atoms with Gasteiger partial charge >= 0.3 is 0 Å². The molecule has 0 aromatic carbocycles. The van der Waals surface area contributed by atoms with Gasteiger partial charge in [0.05, 0.1) is 18.2 Å². The van der Waals surface area contributed by atoms with E-state index in [1.165, 1.54) is 19.4 Å². The van der Waals surface area contributed by atoms with E-state index in [1.54, 1.807) is 0 Å². The topological polar surface area (TPSA) is 38.2 Å². The van der Waals surface area contributed by atoms with Crippen LogP contribution in [0.4, 0.5) is 0 Å². The van der Waals surface area contributed by atoms with Crippen LogP contribution >= 0.6 is 11.6 Å². The van der Waals surface area contributed by atoms with Crippen molar-refractivity contribution in [3.05, 3.63) is 17.8 Å². The first-order valence-corrected chi connectivity index (χ1v) is 6.54. The van der Waals surface area contributed by atoms with E-state index in [0.29, 0.717) is 24.4 Å². The Labute approximate surface area is 107 Å². The fourth-order valence-corrected chi connectivity index (χ4v) is 2.28. The summed E-state index contributed by atoms with van der Waals surface area (Å²) in [5, 5.41) is 7.91. The lowest BCUT2D eigenvalue weighted by Crippen LogP contribution is -2.26. The van der Waals surface area contributed by atoms with Crippen LogP contribution in [0.5, 0.6) is 5.88 Å². The second kappa shape index (κ2) is 6.17. The summed E-state index contributed by atoms with van der Waals surface area (Å²) < 4.78 is 5.57. The van der Waals surface area contributed by atoms with Gasteiger partial charge in [0, 0.05) is 12.1 Å². The molecular formula is C12H18ClN3O. The first-order chi connectivity index (χ1) is 8.29. The highest BCUT2D eigenvalue weighted by atomic mass is 35.5. The number of alkyl halides is 1. The first-order valence-electron chi connectivity index (χ1n) is 6.01. The number of hydrogen-bond donors (Lipinski definition) is 0. The summed E-state index contributed by atoms with van der Waals surface area (Å²) in [5.41, 5.74) is 0.773. The molecule has 0 aliphatic carbocycles. The van der Waals surface area contributed by atoms with Gasteiger partial charge in [-0.1, -0.05) is 0 Å². The Balaban J connectivity index is 1.73. The van der Waals surface area contributed by atoms with E-state index in [4.69, 9.17) is 16.3 Å². The fourth-order valence-electron chi connectivity index (χ4n) is 2.14. The van der Waals surface area contributed by atoms with Crippen molar-refractivity contribution in [3.63, 3.8) is 0 Å². The summed E-state index contributed by atoms with van der Waals surface area (Å²) in [4.78, 5) is 2.39. The molecule has 0 amide bonds.